The molecule has 1 saturated heterocycles. The van der Waals surface area contributed by atoms with Crippen LogP contribution in [0.4, 0.5) is 4.79 Å². The van der Waals surface area contributed by atoms with Gasteiger partial charge in [0.15, 0.2) is 0 Å². The Labute approximate surface area is 192 Å². The Morgan fingerprint density at radius 1 is 1.03 bits per heavy atom. The number of alkyl carbamates (subject to hydrolysis) is 1. The number of carbonyl (C=O) groups excluding carboxylic acids is 2. The molecule has 0 aromatic heterocycles. The van der Waals surface area contributed by atoms with E-state index < -0.39 is 23.0 Å². The fourth-order valence-corrected chi connectivity index (χ4v) is 5.10. The van der Waals surface area contributed by atoms with Crippen molar-refractivity contribution in [3.05, 3.63) is 59.7 Å². The summed E-state index contributed by atoms with van der Waals surface area (Å²) in [6, 6.07) is 16.3. The van der Waals surface area contributed by atoms with Gasteiger partial charge in [-0.2, -0.15) is 0 Å². The molecule has 2 N–H and O–H groups in total. The fraction of sp³-hybridized carbons (Fsp3) is 0.423. The lowest BCUT2D eigenvalue weighted by Crippen LogP contribution is -2.43. The number of nitrogens with zero attached hydrogens (tertiary/aromatic N) is 1. The molecule has 7 nitrogen and oxygen atoms in total. The quantitative estimate of drug-likeness (QED) is 0.701. The first-order chi connectivity index (χ1) is 15.8. The standard InChI is InChI=1S/C26H28N2O5/c1-25(23(30)31)12-13-28(16-25)22(29)14-26(10-11-26)27-24(32)33-15-21-19-8-4-2-6-17(19)18-7-3-5-9-20(18)21/h2-9,21H,10-16H2,1H3,(H,27,32)(H,30,31). The number of carboxylic acid groups (broad SMARTS) is 1. The number of aliphatic carboxylic acids is 1. The topological polar surface area (TPSA) is 95.9 Å². The molecule has 1 heterocycles. The number of likely N-dealkylation sites (tertiary alicyclic amines) is 1. The van der Waals surface area contributed by atoms with Crippen LogP contribution < -0.4 is 5.32 Å². The number of carboxylic acids is 1. The van der Waals surface area contributed by atoms with E-state index >= 15 is 0 Å². The predicted molar refractivity (Wildman–Crippen MR) is 122 cm³/mol. The van der Waals surface area contributed by atoms with Crippen LogP contribution in [0.2, 0.25) is 0 Å². The number of benzene rings is 2. The van der Waals surface area contributed by atoms with Crippen LogP contribution in [0.15, 0.2) is 48.5 Å². The molecule has 2 aromatic carbocycles. The number of hydrogen-bond donors (Lipinski definition) is 2. The Morgan fingerprint density at radius 2 is 1.64 bits per heavy atom. The zero-order valence-corrected chi connectivity index (χ0v) is 18.7. The summed E-state index contributed by atoms with van der Waals surface area (Å²) in [6.07, 6.45) is 1.53. The van der Waals surface area contributed by atoms with Gasteiger partial charge in [-0.1, -0.05) is 48.5 Å². The van der Waals surface area contributed by atoms with Crippen molar-refractivity contribution in [3.63, 3.8) is 0 Å². The minimum atomic E-state index is -0.896. The van der Waals surface area contributed by atoms with Crippen LogP contribution in [-0.2, 0) is 14.3 Å². The van der Waals surface area contributed by atoms with E-state index in [1.54, 1.807) is 11.8 Å². The summed E-state index contributed by atoms with van der Waals surface area (Å²) in [5, 5.41) is 12.3. The molecule has 3 aliphatic rings. The fourth-order valence-electron chi connectivity index (χ4n) is 5.10. The number of fused-ring (bicyclic) bond motifs is 3. The highest BCUT2D eigenvalue weighted by atomic mass is 16.5. The molecule has 33 heavy (non-hydrogen) atoms. The molecule has 0 radical (unpaired) electrons. The third-order valence-corrected chi connectivity index (χ3v) is 7.40. The van der Waals surface area contributed by atoms with Gasteiger partial charge in [-0.15, -0.1) is 0 Å². The monoisotopic (exact) mass is 448 g/mol. The second kappa shape index (κ2) is 7.90. The Morgan fingerprint density at radius 3 is 2.18 bits per heavy atom. The van der Waals surface area contributed by atoms with Crippen molar-refractivity contribution in [2.75, 3.05) is 19.7 Å². The number of rotatable bonds is 6. The smallest absolute Gasteiger partial charge is 0.407 e. The first-order valence-electron chi connectivity index (χ1n) is 11.4. The van der Waals surface area contributed by atoms with Crippen molar-refractivity contribution in [3.8, 4) is 11.1 Å². The van der Waals surface area contributed by atoms with Gasteiger partial charge in [0.05, 0.1) is 17.4 Å². The summed E-state index contributed by atoms with van der Waals surface area (Å²) in [7, 11) is 0. The highest BCUT2D eigenvalue weighted by Crippen LogP contribution is 2.45. The van der Waals surface area contributed by atoms with Gasteiger partial charge in [0, 0.05) is 19.0 Å². The third-order valence-electron chi connectivity index (χ3n) is 7.40. The van der Waals surface area contributed by atoms with Crippen molar-refractivity contribution in [2.45, 2.75) is 44.1 Å². The summed E-state index contributed by atoms with van der Waals surface area (Å²) in [6.45, 7) is 2.54. The van der Waals surface area contributed by atoms with Gasteiger partial charge >= 0.3 is 12.1 Å². The molecule has 2 aromatic rings. The number of amides is 2. The average molecular weight is 449 g/mol. The average Bonchev–Trinajstić information content (AvgIpc) is 3.28. The molecule has 5 rings (SSSR count). The molecule has 2 fully saturated rings. The van der Waals surface area contributed by atoms with Crippen LogP contribution in [0.25, 0.3) is 11.1 Å². The predicted octanol–water partition coefficient (Wildman–Crippen LogP) is 3.77. The van der Waals surface area contributed by atoms with E-state index in [4.69, 9.17) is 4.74 Å². The van der Waals surface area contributed by atoms with Crippen molar-refractivity contribution >= 4 is 18.0 Å². The molecule has 1 atom stereocenters. The lowest BCUT2D eigenvalue weighted by molar-refractivity contribution is -0.147. The van der Waals surface area contributed by atoms with E-state index in [9.17, 15) is 19.5 Å². The van der Waals surface area contributed by atoms with E-state index in [1.807, 2.05) is 24.3 Å². The molecule has 1 aliphatic heterocycles. The van der Waals surface area contributed by atoms with E-state index in [-0.39, 0.29) is 31.4 Å². The molecular weight excluding hydrogens is 420 g/mol. The molecule has 0 bridgehead atoms. The maximum Gasteiger partial charge on any atom is 0.407 e. The molecule has 2 amide bonds. The number of hydrogen-bond acceptors (Lipinski definition) is 4. The van der Waals surface area contributed by atoms with Crippen LogP contribution in [0.1, 0.15) is 49.7 Å². The molecule has 172 valence electrons. The first kappa shape index (κ1) is 21.5. The Hall–Kier alpha value is -3.35. The molecular formula is C26H28N2O5. The number of ether oxygens (including phenoxy) is 1. The summed E-state index contributed by atoms with van der Waals surface area (Å²) < 4.78 is 5.63. The maximum atomic E-state index is 12.8. The highest BCUT2D eigenvalue weighted by molar-refractivity contribution is 5.83. The summed E-state index contributed by atoms with van der Waals surface area (Å²) >= 11 is 0. The van der Waals surface area contributed by atoms with Crippen LogP contribution in [0.5, 0.6) is 0 Å². The van der Waals surface area contributed by atoms with Crippen molar-refractivity contribution in [1.29, 1.82) is 0 Å². The largest absolute Gasteiger partial charge is 0.481 e. The van der Waals surface area contributed by atoms with Gasteiger partial charge in [-0.05, 0) is 48.4 Å². The van der Waals surface area contributed by atoms with Gasteiger partial charge in [-0.25, -0.2) is 4.79 Å². The lowest BCUT2D eigenvalue weighted by atomic mass is 9.90. The Bertz CT molecular complexity index is 1080. The van der Waals surface area contributed by atoms with Crippen LogP contribution in [-0.4, -0.2) is 53.2 Å². The van der Waals surface area contributed by atoms with Gasteiger partial charge in [-0.3, -0.25) is 9.59 Å². The lowest BCUT2D eigenvalue weighted by Gasteiger charge is -2.23. The molecule has 0 spiro atoms. The molecule has 1 saturated carbocycles. The normalized spacial score (nSPS) is 22.4. The Balaban J connectivity index is 1.18. The summed E-state index contributed by atoms with van der Waals surface area (Å²) in [4.78, 5) is 38.5. The summed E-state index contributed by atoms with van der Waals surface area (Å²) in [5.74, 6) is -1.01. The van der Waals surface area contributed by atoms with Gasteiger partial charge in [0.1, 0.15) is 6.61 Å². The van der Waals surface area contributed by atoms with Crippen molar-refractivity contribution in [2.24, 2.45) is 5.41 Å². The molecule has 1 unspecified atom stereocenters. The zero-order valence-electron chi connectivity index (χ0n) is 18.7. The molecule has 2 aliphatic carbocycles. The summed E-state index contributed by atoms with van der Waals surface area (Å²) in [5.41, 5.74) is 3.17. The minimum Gasteiger partial charge on any atom is -0.481 e. The minimum absolute atomic E-state index is 0.0155. The maximum absolute atomic E-state index is 12.8. The first-order valence-corrected chi connectivity index (χ1v) is 11.4. The van der Waals surface area contributed by atoms with Crippen LogP contribution >= 0.6 is 0 Å². The molecule has 7 heteroatoms. The van der Waals surface area contributed by atoms with E-state index in [2.05, 4.69) is 29.6 Å². The van der Waals surface area contributed by atoms with E-state index in [0.29, 0.717) is 25.8 Å². The SMILES string of the molecule is CC1(C(=O)O)CCN(C(=O)CC2(NC(=O)OCC3c4ccccc4-c4ccccc43)CC2)C1. The van der Waals surface area contributed by atoms with Crippen LogP contribution in [0.3, 0.4) is 0 Å². The number of nitrogens with one attached hydrogen (secondary N) is 1. The van der Waals surface area contributed by atoms with E-state index in [1.165, 1.54) is 11.1 Å². The van der Waals surface area contributed by atoms with Gasteiger partial charge in [0.2, 0.25) is 5.91 Å². The van der Waals surface area contributed by atoms with E-state index in [0.717, 1.165) is 11.1 Å². The number of carbonyl (C=O) groups is 3. The second-order valence-electron chi connectivity index (χ2n) is 9.84. The van der Waals surface area contributed by atoms with Gasteiger partial charge < -0.3 is 20.1 Å². The van der Waals surface area contributed by atoms with Crippen molar-refractivity contribution in [1.82, 2.24) is 10.2 Å². The third kappa shape index (κ3) is 3.96. The Kier molecular flexibility index (Phi) is 5.15. The van der Waals surface area contributed by atoms with Gasteiger partial charge in [0.25, 0.3) is 0 Å². The second-order valence-corrected chi connectivity index (χ2v) is 9.84. The van der Waals surface area contributed by atoms with Crippen molar-refractivity contribution < 1.29 is 24.2 Å². The van der Waals surface area contributed by atoms with Crippen LogP contribution in [0, 0.1) is 5.41 Å². The highest BCUT2D eigenvalue weighted by Gasteiger charge is 2.49. The zero-order chi connectivity index (χ0) is 23.2.